The molecule has 0 amide bonds. The lowest BCUT2D eigenvalue weighted by Crippen LogP contribution is -2.51. The van der Waals surface area contributed by atoms with Crippen molar-refractivity contribution in [3.8, 4) is 0 Å². The van der Waals surface area contributed by atoms with Crippen LogP contribution in [-0.2, 0) is 4.79 Å². The first-order chi connectivity index (χ1) is 7.91. The first-order valence-electron chi connectivity index (χ1n) is 6.36. The van der Waals surface area contributed by atoms with Gasteiger partial charge < -0.3 is 10.4 Å². The molecule has 0 radical (unpaired) electrons. The second kappa shape index (κ2) is 6.10. The lowest BCUT2D eigenvalue weighted by molar-refractivity contribution is -0.150. The van der Waals surface area contributed by atoms with E-state index in [2.05, 4.69) is 32.3 Å². The van der Waals surface area contributed by atoms with Gasteiger partial charge in [-0.3, -0.25) is 4.79 Å². The minimum absolute atomic E-state index is 0.124. The van der Waals surface area contributed by atoms with Crippen LogP contribution in [-0.4, -0.2) is 35.7 Å². The number of hydrogen-bond donors (Lipinski definition) is 2. The third-order valence-corrected chi connectivity index (χ3v) is 5.06. The zero-order valence-corrected chi connectivity index (χ0v) is 12.1. The van der Waals surface area contributed by atoms with Crippen LogP contribution in [0.25, 0.3) is 0 Å². The average molecular weight is 259 g/mol. The standard InChI is InChI=1S/C13H25NO2S/c1-9-11(14-7-8-17-4)6-5-10(12(15)16)13(9,2)3/h9-11,14H,5-8H2,1-4H3,(H,15,16). The molecule has 17 heavy (non-hydrogen) atoms. The number of carboxylic acids is 1. The largest absolute Gasteiger partial charge is 0.481 e. The molecule has 0 heterocycles. The normalized spacial score (nSPS) is 32.4. The van der Waals surface area contributed by atoms with Crippen molar-refractivity contribution in [1.82, 2.24) is 5.32 Å². The molecule has 1 saturated carbocycles. The summed E-state index contributed by atoms with van der Waals surface area (Å²) in [5.74, 6) is 0.686. The molecule has 0 bridgehead atoms. The topological polar surface area (TPSA) is 49.3 Å². The summed E-state index contributed by atoms with van der Waals surface area (Å²) in [6.45, 7) is 7.40. The van der Waals surface area contributed by atoms with Gasteiger partial charge in [0.05, 0.1) is 5.92 Å². The van der Waals surface area contributed by atoms with E-state index in [9.17, 15) is 9.90 Å². The number of hydrogen-bond acceptors (Lipinski definition) is 3. The Labute approximate surface area is 109 Å². The van der Waals surface area contributed by atoms with Crippen LogP contribution in [0.5, 0.6) is 0 Å². The van der Waals surface area contributed by atoms with E-state index in [-0.39, 0.29) is 11.3 Å². The molecule has 100 valence electrons. The second-order valence-corrected chi connectivity index (χ2v) is 6.62. The van der Waals surface area contributed by atoms with Crippen molar-refractivity contribution in [1.29, 1.82) is 0 Å². The van der Waals surface area contributed by atoms with E-state index in [0.29, 0.717) is 12.0 Å². The fraction of sp³-hybridized carbons (Fsp3) is 0.923. The molecule has 0 saturated heterocycles. The van der Waals surface area contributed by atoms with Crippen LogP contribution in [0.3, 0.4) is 0 Å². The maximum absolute atomic E-state index is 11.3. The van der Waals surface area contributed by atoms with Gasteiger partial charge >= 0.3 is 5.97 Å². The van der Waals surface area contributed by atoms with E-state index in [4.69, 9.17) is 0 Å². The van der Waals surface area contributed by atoms with E-state index < -0.39 is 5.97 Å². The van der Waals surface area contributed by atoms with Crippen molar-refractivity contribution < 1.29 is 9.90 Å². The fourth-order valence-corrected chi connectivity index (χ4v) is 3.19. The van der Waals surface area contributed by atoms with Gasteiger partial charge in [-0.1, -0.05) is 20.8 Å². The molecular weight excluding hydrogens is 234 g/mol. The first kappa shape index (κ1) is 14.8. The summed E-state index contributed by atoms with van der Waals surface area (Å²) in [4.78, 5) is 11.3. The van der Waals surface area contributed by atoms with Crippen molar-refractivity contribution in [2.24, 2.45) is 17.3 Å². The van der Waals surface area contributed by atoms with Crippen LogP contribution in [0.15, 0.2) is 0 Å². The number of nitrogens with one attached hydrogen (secondary N) is 1. The Morgan fingerprint density at radius 1 is 1.47 bits per heavy atom. The van der Waals surface area contributed by atoms with Crippen molar-refractivity contribution in [2.75, 3.05) is 18.6 Å². The average Bonchev–Trinajstić information content (AvgIpc) is 2.24. The maximum Gasteiger partial charge on any atom is 0.307 e. The van der Waals surface area contributed by atoms with Gasteiger partial charge in [-0.2, -0.15) is 11.8 Å². The lowest BCUT2D eigenvalue weighted by Gasteiger charge is -2.46. The predicted molar refractivity (Wildman–Crippen MR) is 73.5 cm³/mol. The molecule has 3 atom stereocenters. The number of thioether (sulfide) groups is 1. The SMILES string of the molecule is CSCCNC1CCC(C(=O)O)C(C)(C)C1C. The Kier molecular flexibility index (Phi) is 5.32. The molecule has 1 aliphatic carbocycles. The number of rotatable bonds is 5. The summed E-state index contributed by atoms with van der Waals surface area (Å²) >= 11 is 1.84. The molecule has 0 aromatic rings. The molecule has 3 unspecified atom stereocenters. The zero-order valence-electron chi connectivity index (χ0n) is 11.3. The van der Waals surface area contributed by atoms with Gasteiger partial charge in [-0.05, 0) is 30.4 Å². The van der Waals surface area contributed by atoms with E-state index in [1.807, 2.05) is 11.8 Å². The predicted octanol–water partition coefficient (Wildman–Crippen LogP) is 2.46. The maximum atomic E-state index is 11.3. The summed E-state index contributed by atoms with van der Waals surface area (Å²) in [5.41, 5.74) is -0.124. The summed E-state index contributed by atoms with van der Waals surface area (Å²) in [6, 6.07) is 0.466. The van der Waals surface area contributed by atoms with E-state index in [0.717, 1.165) is 25.1 Å². The first-order valence-corrected chi connectivity index (χ1v) is 7.75. The minimum Gasteiger partial charge on any atom is -0.481 e. The Morgan fingerprint density at radius 3 is 2.65 bits per heavy atom. The van der Waals surface area contributed by atoms with Crippen LogP contribution in [0.1, 0.15) is 33.6 Å². The monoisotopic (exact) mass is 259 g/mol. The molecule has 1 fully saturated rings. The van der Waals surface area contributed by atoms with E-state index >= 15 is 0 Å². The highest BCUT2D eigenvalue weighted by atomic mass is 32.2. The molecular formula is C13H25NO2S. The molecule has 0 aromatic heterocycles. The van der Waals surface area contributed by atoms with Gasteiger partial charge in [0.15, 0.2) is 0 Å². The highest BCUT2D eigenvalue weighted by Crippen LogP contribution is 2.44. The van der Waals surface area contributed by atoms with Gasteiger partial charge in [0.2, 0.25) is 0 Å². The molecule has 0 aromatic carbocycles. The molecule has 1 aliphatic rings. The highest BCUT2D eigenvalue weighted by Gasteiger charge is 2.45. The van der Waals surface area contributed by atoms with Crippen molar-refractivity contribution in [3.05, 3.63) is 0 Å². The van der Waals surface area contributed by atoms with Gasteiger partial charge in [0, 0.05) is 18.3 Å². The summed E-state index contributed by atoms with van der Waals surface area (Å²) < 4.78 is 0. The Balaban J connectivity index is 2.61. The van der Waals surface area contributed by atoms with E-state index in [1.165, 1.54) is 0 Å². The van der Waals surface area contributed by atoms with Crippen molar-refractivity contribution in [2.45, 2.75) is 39.7 Å². The van der Waals surface area contributed by atoms with E-state index in [1.54, 1.807) is 0 Å². The van der Waals surface area contributed by atoms with Crippen LogP contribution >= 0.6 is 11.8 Å². The Morgan fingerprint density at radius 2 is 2.12 bits per heavy atom. The fourth-order valence-electron chi connectivity index (χ4n) is 2.87. The molecule has 2 N–H and O–H groups in total. The van der Waals surface area contributed by atoms with Crippen molar-refractivity contribution >= 4 is 17.7 Å². The van der Waals surface area contributed by atoms with Gasteiger partial charge in [0.1, 0.15) is 0 Å². The van der Waals surface area contributed by atoms with Crippen molar-refractivity contribution in [3.63, 3.8) is 0 Å². The summed E-state index contributed by atoms with van der Waals surface area (Å²) in [7, 11) is 0. The number of aliphatic carboxylic acids is 1. The third-order valence-electron chi connectivity index (χ3n) is 4.45. The number of carboxylic acid groups (broad SMARTS) is 1. The molecule has 0 spiro atoms. The van der Waals surface area contributed by atoms with Gasteiger partial charge in [-0.15, -0.1) is 0 Å². The highest BCUT2D eigenvalue weighted by molar-refractivity contribution is 7.98. The van der Waals surface area contributed by atoms with Crippen LogP contribution in [0.2, 0.25) is 0 Å². The zero-order chi connectivity index (χ0) is 13.1. The number of carbonyl (C=O) groups is 1. The molecule has 3 nitrogen and oxygen atoms in total. The smallest absolute Gasteiger partial charge is 0.307 e. The quantitative estimate of drug-likeness (QED) is 0.745. The molecule has 4 heteroatoms. The molecule has 0 aliphatic heterocycles. The minimum atomic E-state index is -0.635. The van der Waals surface area contributed by atoms with Crippen LogP contribution in [0, 0.1) is 17.3 Å². The van der Waals surface area contributed by atoms with Crippen LogP contribution < -0.4 is 5.32 Å². The summed E-state index contributed by atoms with van der Waals surface area (Å²) in [5, 5.41) is 12.8. The second-order valence-electron chi connectivity index (χ2n) is 5.63. The lowest BCUT2D eigenvalue weighted by atomic mass is 9.61. The Hall–Kier alpha value is -0.220. The third kappa shape index (κ3) is 3.38. The van der Waals surface area contributed by atoms with Gasteiger partial charge in [0.25, 0.3) is 0 Å². The molecule has 1 rings (SSSR count). The van der Waals surface area contributed by atoms with Crippen LogP contribution in [0.4, 0.5) is 0 Å². The summed E-state index contributed by atoms with van der Waals surface area (Å²) in [6.07, 6.45) is 3.88. The van der Waals surface area contributed by atoms with Gasteiger partial charge in [-0.25, -0.2) is 0 Å². The Bertz CT molecular complexity index is 268.